The van der Waals surface area contributed by atoms with E-state index in [4.69, 9.17) is 4.74 Å². The first-order chi connectivity index (χ1) is 14.3. The first-order valence-corrected chi connectivity index (χ1v) is 11.3. The van der Waals surface area contributed by atoms with Gasteiger partial charge in [0.1, 0.15) is 16.3 Å². The van der Waals surface area contributed by atoms with Gasteiger partial charge in [0.15, 0.2) is 5.82 Å². The average Bonchev–Trinajstić information content (AvgIpc) is 3.29. The van der Waals surface area contributed by atoms with Crippen LogP contribution in [0, 0.1) is 20.8 Å². The zero-order chi connectivity index (χ0) is 21.3. The van der Waals surface area contributed by atoms with Crippen molar-refractivity contribution in [3.8, 4) is 17.4 Å². The van der Waals surface area contributed by atoms with E-state index in [0.29, 0.717) is 23.1 Å². The number of benzene rings is 1. The molecule has 0 saturated carbocycles. The standard InChI is InChI=1S/C20H19N5O3S2/c1-13-10-14(2)25(23-13)18-11-19(22-12-21-18)28-17-7-5-16(6-8-17)24-30(26,27)20-9-4-15(3)29-20/h4-12,24H,1-3H3. The summed E-state index contributed by atoms with van der Waals surface area (Å²) < 4.78 is 35.2. The van der Waals surface area contributed by atoms with Gasteiger partial charge in [0, 0.05) is 22.3 Å². The normalized spacial score (nSPS) is 11.4. The second-order valence-electron chi connectivity index (χ2n) is 6.65. The highest BCUT2D eigenvalue weighted by molar-refractivity contribution is 7.94. The summed E-state index contributed by atoms with van der Waals surface area (Å²) in [5.41, 5.74) is 2.29. The van der Waals surface area contributed by atoms with Crippen molar-refractivity contribution >= 4 is 27.0 Å². The molecule has 0 saturated heterocycles. The summed E-state index contributed by atoms with van der Waals surface area (Å²) in [4.78, 5) is 9.31. The van der Waals surface area contributed by atoms with Crippen molar-refractivity contribution in [2.45, 2.75) is 25.0 Å². The van der Waals surface area contributed by atoms with E-state index in [-0.39, 0.29) is 4.21 Å². The quantitative estimate of drug-likeness (QED) is 0.480. The van der Waals surface area contributed by atoms with Gasteiger partial charge in [-0.1, -0.05) is 0 Å². The summed E-state index contributed by atoms with van der Waals surface area (Å²) >= 11 is 1.22. The van der Waals surface area contributed by atoms with Crippen molar-refractivity contribution in [3.05, 3.63) is 71.1 Å². The van der Waals surface area contributed by atoms with Crippen LogP contribution in [0.1, 0.15) is 16.3 Å². The fourth-order valence-electron chi connectivity index (χ4n) is 2.84. The van der Waals surface area contributed by atoms with Crippen LogP contribution in [-0.4, -0.2) is 28.2 Å². The lowest BCUT2D eigenvalue weighted by atomic mass is 10.3. The number of rotatable bonds is 6. The Morgan fingerprint density at radius 3 is 2.40 bits per heavy atom. The number of hydrogen-bond acceptors (Lipinski definition) is 7. The van der Waals surface area contributed by atoms with Crippen molar-refractivity contribution in [2.24, 2.45) is 0 Å². The van der Waals surface area contributed by atoms with Gasteiger partial charge in [0.2, 0.25) is 5.88 Å². The summed E-state index contributed by atoms with van der Waals surface area (Å²) in [6, 6.07) is 13.6. The number of nitrogens with zero attached hydrogens (tertiary/aromatic N) is 4. The molecule has 0 bridgehead atoms. The number of thiophene rings is 1. The van der Waals surface area contributed by atoms with Crippen LogP contribution in [0.3, 0.4) is 0 Å². The maximum atomic E-state index is 12.4. The van der Waals surface area contributed by atoms with Gasteiger partial charge in [-0.15, -0.1) is 11.3 Å². The molecule has 1 N–H and O–H groups in total. The average molecular weight is 442 g/mol. The Hall–Kier alpha value is -3.24. The minimum absolute atomic E-state index is 0.276. The van der Waals surface area contributed by atoms with E-state index in [0.717, 1.165) is 16.3 Å². The molecule has 0 amide bonds. The molecular weight excluding hydrogens is 422 g/mol. The molecule has 4 rings (SSSR count). The lowest BCUT2D eigenvalue weighted by Crippen LogP contribution is -2.11. The fourth-order valence-corrected chi connectivity index (χ4v) is 5.18. The van der Waals surface area contributed by atoms with Gasteiger partial charge in [0.05, 0.1) is 5.69 Å². The third-order valence-electron chi connectivity index (χ3n) is 4.16. The number of nitrogens with one attached hydrogen (secondary N) is 1. The predicted octanol–water partition coefficient (Wildman–Crippen LogP) is 4.24. The van der Waals surface area contributed by atoms with Crippen molar-refractivity contribution in [1.29, 1.82) is 0 Å². The van der Waals surface area contributed by atoms with Crippen molar-refractivity contribution in [2.75, 3.05) is 4.72 Å². The Morgan fingerprint density at radius 1 is 1.00 bits per heavy atom. The van der Waals surface area contributed by atoms with E-state index in [2.05, 4.69) is 19.8 Å². The minimum Gasteiger partial charge on any atom is -0.439 e. The molecule has 0 aliphatic carbocycles. The van der Waals surface area contributed by atoms with Crippen LogP contribution in [0.2, 0.25) is 0 Å². The molecule has 0 unspecified atom stereocenters. The van der Waals surface area contributed by atoms with Gasteiger partial charge in [-0.05, 0) is 63.2 Å². The maximum Gasteiger partial charge on any atom is 0.271 e. The molecule has 1 aromatic carbocycles. The molecule has 4 aromatic rings. The first kappa shape index (κ1) is 20.0. The van der Waals surface area contributed by atoms with E-state index in [1.807, 2.05) is 26.8 Å². The molecule has 0 fully saturated rings. The third kappa shape index (κ3) is 4.34. The summed E-state index contributed by atoms with van der Waals surface area (Å²) in [6.45, 7) is 5.72. The summed E-state index contributed by atoms with van der Waals surface area (Å²) in [5, 5.41) is 4.41. The Balaban J connectivity index is 1.49. The molecule has 30 heavy (non-hydrogen) atoms. The van der Waals surface area contributed by atoms with E-state index >= 15 is 0 Å². The highest BCUT2D eigenvalue weighted by Gasteiger charge is 2.16. The minimum atomic E-state index is -3.61. The van der Waals surface area contributed by atoms with Crippen molar-refractivity contribution in [1.82, 2.24) is 19.7 Å². The molecule has 3 aromatic heterocycles. The van der Waals surface area contributed by atoms with Gasteiger partial charge in [-0.3, -0.25) is 4.72 Å². The fraction of sp³-hybridized carbons (Fsp3) is 0.150. The highest BCUT2D eigenvalue weighted by atomic mass is 32.2. The smallest absolute Gasteiger partial charge is 0.271 e. The zero-order valence-corrected chi connectivity index (χ0v) is 18.2. The van der Waals surface area contributed by atoms with Gasteiger partial charge in [0.25, 0.3) is 10.0 Å². The van der Waals surface area contributed by atoms with Crippen molar-refractivity contribution in [3.63, 3.8) is 0 Å². The molecule has 3 heterocycles. The van der Waals surface area contributed by atoms with Crippen LogP contribution in [0.5, 0.6) is 11.6 Å². The van der Waals surface area contributed by atoms with Gasteiger partial charge < -0.3 is 4.74 Å². The second kappa shape index (κ2) is 7.88. The van der Waals surface area contributed by atoms with Crippen LogP contribution in [-0.2, 0) is 10.0 Å². The number of anilines is 1. The molecule has 154 valence electrons. The Labute approximate surface area is 178 Å². The summed E-state index contributed by atoms with van der Waals surface area (Å²) in [6.07, 6.45) is 1.41. The maximum absolute atomic E-state index is 12.4. The van der Waals surface area contributed by atoms with Crippen LogP contribution in [0.25, 0.3) is 5.82 Å². The SMILES string of the molecule is Cc1cc(C)n(-c2cc(Oc3ccc(NS(=O)(=O)c4ccc(C)s4)cc3)ncn2)n1. The predicted molar refractivity (Wildman–Crippen MR) is 115 cm³/mol. The Morgan fingerprint density at radius 2 is 1.77 bits per heavy atom. The monoisotopic (exact) mass is 441 g/mol. The number of aryl methyl sites for hydroxylation is 3. The highest BCUT2D eigenvalue weighted by Crippen LogP contribution is 2.26. The molecule has 0 spiro atoms. The first-order valence-electron chi connectivity index (χ1n) is 9.03. The summed E-state index contributed by atoms with van der Waals surface area (Å²) in [7, 11) is -3.61. The molecule has 0 atom stereocenters. The Kier molecular flexibility index (Phi) is 5.27. The lowest BCUT2D eigenvalue weighted by Gasteiger charge is -2.09. The van der Waals surface area contributed by atoms with E-state index in [1.165, 1.54) is 17.7 Å². The van der Waals surface area contributed by atoms with E-state index in [9.17, 15) is 8.42 Å². The molecule has 0 radical (unpaired) electrons. The lowest BCUT2D eigenvalue weighted by molar-refractivity contribution is 0.460. The summed E-state index contributed by atoms with van der Waals surface area (Å²) in [5.74, 6) is 1.47. The van der Waals surface area contributed by atoms with Crippen LogP contribution in [0.15, 0.2) is 59.1 Å². The third-order valence-corrected chi connectivity index (χ3v) is 7.04. The van der Waals surface area contributed by atoms with Crippen LogP contribution in [0.4, 0.5) is 5.69 Å². The van der Waals surface area contributed by atoms with Gasteiger partial charge >= 0.3 is 0 Å². The molecule has 10 heteroatoms. The van der Waals surface area contributed by atoms with E-state index in [1.54, 1.807) is 47.1 Å². The second-order valence-corrected chi connectivity index (χ2v) is 9.85. The van der Waals surface area contributed by atoms with Gasteiger partial charge in [-0.25, -0.2) is 23.1 Å². The van der Waals surface area contributed by atoms with Crippen LogP contribution < -0.4 is 9.46 Å². The number of ether oxygens (including phenoxy) is 1. The van der Waals surface area contributed by atoms with Gasteiger partial charge in [-0.2, -0.15) is 5.10 Å². The largest absolute Gasteiger partial charge is 0.439 e. The molecular formula is C20H19N5O3S2. The van der Waals surface area contributed by atoms with E-state index < -0.39 is 10.0 Å². The Bertz CT molecular complexity index is 1290. The number of hydrogen-bond donors (Lipinski definition) is 1. The molecule has 0 aliphatic rings. The molecule has 8 nitrogen and oxygen atoms in total. The van der Waals surface area contributed by atoms with Crippen LogP contribution >= 0.6 is 11.3 Å². The number of sulfonamides is 1. The zero-order valence-electron chi connectivity index (χ0n) is 16.5. The topological polar surface area (TPSA) is 99.0 Å². The number of aromatic nitrogens is 4. The van der Waals surface area contributed by atoms with Crippen molar-refractivity contribution < 1.29 is 13.2 Å². The molecule has 0 aliphatic heterocycles.